The zero-order valence-corrected chi connectivity index (χ0v) is 21.2. The van der Waals surface area contributed by atoms with E-state index in [1.165, 1.54) is 34.6 Å². The third kappa shape index (κ3) is 5.56. The number of amides is 1. The Morgan fingerprint density at radius 2 is 1.47 bits per heavy atom. The average Bonchev–Trinajstić information content (AvgIpc) is 2.80. The summed E-state index contributed by atoms with van der Waals surface area (Å²) in [5.41, 5.74) is 1.29. The minimum absolute atomic E-state index is 0.0227. The Morgan fingerprint density at radius 1 is 0.853 bits per heavy atom. The molecule has 1 aromatic heterocycles. The predicted molar refractivity (Wildman–Crippen MR) is 134 cm³/mol. The van der Waals surface area contributed by atoms with E-state index in [1.54, 1.807) is 18.2 Å². The number of aromatic nitrogens is 2. The molecule has 1 amide bonds. The van der Waals surface area contributed by atoms with Crippen LogP contribution in [0, 0.1) is 0 Å². The Kier molecular flexibility index (Phi) is 7.51. The van der Waals surface area contributed by atoms with Gasteiger partial charge in [0.05, 0.1) is 10.5 Å². The van der Waals surface area contributed by atoms with Crippen molar-refractivity contribution < 1.29 is 13.2 Å². The summed E-state index contributed by atoms with van der Waals surface area (Å²) in [6.07, 6.45) is 0. The summed E-state index contributed by atoms with van der Waals surface area (Å²) in [4.78, 5) is 14.6. The van der Waals surface area contributed by atoms with E-state index in [1.807, 2.05) is 4.90 Å². The first-order valence-electron chi connectivity index (χ1n) is 9.95. The van der Waals surface area contributed by atoms with Crippen molar-refractivity contribution in [3.63, 3.8) is 0 Å². The van der Waals surface area contributed by atoms with Crippen molar-refractivity contribution in [1.82, 2.24) is 14.5 Å². The molecular formula is C21H17Cl4N5O3S. The Morgan fingerprint density at radius 3 is 2.09 bits per heavy atom. The number of hydrogen-bond donors (Lipinski definition) is 1. The molecule has 0 atom stereocenters. The molecule has 1 fully saturated rings. The van der Waals surface area contributed by atoms with Crippen molar-refractivity contribution in [2.45, 2.75) is 4.90 Å². The molecule has 0 bridgehead atoms. The Hall–Kier alpha value is -2.14. The molecule has 8 nitrogen and oxygen atoms in total. The van der Waals surface area contributed by atoms with Gasteiger partial charge in [0.15, 0.2) is 10.3 Å². The van der Waals surface area contributed by atoms with Gasteiger partial charge in [-0.3, -0.25) is 4.79 Å². The highest BCUT2D eigenvalue weighted by molar-refractivity contribution is 7.89. The van der Waals surface area contributed by atoms with Crippen LogP contribution >= 0.6 is 46.4 Å². The molecule has 1 aliphatic heterocycles. The monoisotopic (exact) mass is 559 g/mol. The smallest absolute Gasteiger partial charge is 0.258 e. The molecule has 2 aromatic carbocycles. The zero-order chi connectivity index (χ0) is 24.5. The minimum Gasteiger partial charge on any atom is -0.369 e. The van der Waals surface area contributed by atoms with Gasteiger partial charge in [-0.1, -0.05) is 46.4 Å². The lowest BCUT2D eigenvalue weighted by atomic mass is 10.2. The third-order valence-electron chi connectivity index (χ3n) is 5.16. The third-order valence-corrected chi connectivity index (χ3v) is 7.98. The van der Waals surface area contributed by atoms with Crippen LogP contribution in [-0.4, -0.2) is 55.0 Å². The zero-order valence-electron chi connectivity index (χ0n) is 17.4. The second-order valence-electron chi connectivity index (χ2n) is 7.37. The van der Waals surface area contributed by atoms with Crippen LogP contribution in [0.4, 0.5) is 11.4 Å². The van der Waals surface area contributed by atoms with E-state index in [0.717, 1.165) is 5.69 Å². The highest BCUT2D eigenvalue weighted by Gasteiger charge is 2.29. The largest absolute Gasteiger partial charge is 0.369 e. The number of halogens is 4. The molecule has 3 aromatic rings. The molecule has 1 N–H and O–H groups in total. The SMILES string of the molecule is O=C(Nc1ccc(S(=O)(=O)N2CCN(c3cc(Cl)cc(Cl)c3)CC2)cc1)c1cc(Cl)nnc1Cl. The van der Waals surface area contributed by atoms with Gasteiger partial charge in [-0.2, -0.15) is 4.31 Å². The first-order valence-corrected chi connectivity index (χ1v) is 12.9. The molecule has 2 heterocycles. The molecule has 13 heteroatoms. The van der Waals surface area contributed by atoms with E-state index in [-0.39, 0.29) is 20.8 Å². The van der Waals surface area contributed by atoms with E-state index in [9.17, 15) is 13.2 Å². The lowest BCUT2D eigenvalue weighted by molar-refractivity contribution is 0.102. The molecular weight excluding hydrogens is 544 g/mol. The van der Waals surface area contributed by atoms with Gasteiger partial charge < -0.3 is 10.2 Å². The van der Waals surface area contributed by atoms with Crippen molar-refractivity contribution in [2.75, 3.05) is 36.4 Å². The number of rotatable bonds is 5. The first-order chi connectivity index (χ1) is 16.1. The molecule has 1 saturated heterocycles. The van der Waals surface area contributed by atoms with Crippen molar-refractivity contribution >= 4 is 73.7 Å². The van der Waals surface area contributed by atoms with Gasteiger partial charge in [0.2, 0.25) is 10.0 Å². The molecule has 0 radical (unpaired) electrons. The highest BCUT2D eigenvalue weighted by atomic mass is 35.5. The Balaban J connectivity index is 1.42. The summed E-state index contributed by atoms with van der Waals surface area (Å²) in [7, 11) is -3.71. The molecule has 0 saturated carbocycles. The fourth-order valence-electron chi connectivity index (χ4n) is 3.48. The molecule has 0 spiro atoms. The number of sulfonamides is 1. The van der Waals surface area contributed by atoms with Gasteiger partial charge in [0.1, 0.15) is 0 Å². The fraction of sp³-hybridized carbons (Fsp3) is 0.190. The maximum Gasteiger partial charge on any atom is 0.258 e. The number of carbonyl (C=O) groups is 1. The van der Waals surface area contributed by atoms with Crippen LogP contribution in [0.1, 0.15) is 10.4 Å². The summed E-state index contributed by atoms with van der Waals surface area (Å²) in [6, 6.07) is 12.4. The van der Waals surface area contributed by atoms with Gasteiger partial charge >= 0.3 is 0 Å². The molecule has 0 aliphatic carbocycles. The normalized spacial score (nSPS) is 14.8. The second-order valence-corrected chi connectivity index (χ2v) is 10.9. The Labute approximate surface area is 216 Å². The molecule has 0 unspecified atom stereocenters. The van der Waals surface area contributed by atoms with Gasteiger partial charge in [-0.25, -0.2) is 8.42 Å². The average molecular weight is 561 g/mol. The van der Waals surface area contributed by atoms with Crippen LogP contribution in [0.25, 0.3) is 0 Å². The van der Waals surface area contributed by atoms with Crippen LogP contribution in [0.15, 0.2) is 53.4 Å². The summed E-state index contributed by atoms with van der Waals surface area (Å²) in [5, 5.41) is 10.8. The summed E-state index contributed by atoms with van der Waals surface area (Å²) in [6.45, 7) is 1.60. The van der Waals surface area contributed by atoms with Crippen molar-refractivity contribution in [1.29, 1.82) is 0 Å². The van der Waals surface area contributed by atoms with Crippen LogP contribution in [0.5, 0.6) is 0 Å². The topological polar surface area (TPSA) is 95.5 Å². The first kappa shape index (κ1) is 25.0. The molecule has 4 rings (SSSR count). The van der Waals surface area contributed by atoms with Gasteiger partial charge in [0, 0.05) is 47.6 Å². The van der Waals surface area contributed by atoms with Crippen LogP contribution in [-0.2, 0) is 10.0 Å². The number of hydrogen-bond acceptors (Lipinski definition) is 6. The van der Waals surface area contributed by atoms with Crippen LogP contribution in [0.2, 0.25) is 20.4 Å². The van der Waals surface area contributed by atoms with Crippen molar-refractivity contribution in [2.24, 2.45) is 0 Å². The van der Waals surface area contributed by atoms with Crippen molar-refractivity contribution in [3.8, 4) is 0 Å². The molecule has 1 aliphatic rings. The fourth-order valence-corrected chi connectivity index (χ4v) is 5.74. The van der Waals surface area contributed by atoms with Crippen LogP contribution < -0.4 is 10.2 Å². The number of nitrogens with one attached hydrogen (secondary N) is 1. The maximum atomic E-state index is 13.1. The number of anilines is 2. The van der Waals surface area contributed by atoms with E-state index < -0.39 is 15.9 Å². The number of nitrogens with zero attached hydrogens (tertiary/aromatic N) is 4. The number of benzene rings is 2. The van der Waals surface area contributed by atoms with Gasteiger partial charge in [-0.15, -0.1) is 10.2 Å². The highest BCUT2D eigenvalue weighted by Crippen LogP contribution is 2.28. The lowest BCUT2D eigenvalue weighted by Crippen LogP contribution is -2.48. The quantitative estimate of drug-likeness (QED) is 0.479. The molecule has 178 valence electrons. The summed E-state index contributed by atoms with van der Waals surface area (Å²) in [5.74, 6) is -0.547. The van der Waals surface area contributed by atoms with E-state index in [4.69, 9.17) is 46.4 Å². The van der Waals surface area contributed by atoms with Crippen LogP contribution in [0.3, 0.4) is 0 Å². The van der Waals surface area contributed by atoms with Gasteiger partial charge in [-0.05, 0) is 48.5 Å². The minimum atomic E-state index is -3.71. The Bertz CT molecular complexity index is 1310. The van der Waals surface area contributed by atoms with Gasteiger partial charge in [0.25, 0.3) is 5.91 Å². The second kappa shape index (κ2) is 10.2. The number of piperazine rings is 1. The van der Waals surface area contributed by atoms with Crippen molar-refractivity contribution in [3.05, 3.63) is 74.4 Å². The summed E-state index contributed by atoms with van der Waals surface area (Å²) < 4.78 is 27.6. The van der Waals surface area contributed by atoms with E-state index in [2.05, 4.69) is 15.5 Å². The standard InChI is InChI=1S/C21H17Cl4N5O3S/c22-13-9-14(23)11-16(10-13)29-5-7-30(8-6-29)34(32,33)17-3-1-15(2-4-17)26-21(31)18-12-19(24)27-28-20(18)25/h1-4,9-12H,5-8H2,(H,26,31). The lowest BCUT2D eigenvalue weighted by Gasteiger charge is -2.35. The summed E-state index contributed by atoms with van der Waals surface area (Å²) >= 11 is 23.8. The maximum absolute atomic E-state index is 13.1. The number of carbonyl (C=O) groups excluding carboxylic acids is 1. The van der Waals surface area contributed by atoms with E-state index in [0.29, 0.717) is 41.9 Å². The predicted octanol–water partition coefficient (Wildman–Crippen LogP) is 4.85. The van der Waals surface area contributed by atoms with E-state index >= 15 is 0 Å². The molecule has 34 heavy (non-hydrogen) atoms.